The van der Waals surface area contributed by atoms with Gasteiger partial charge in [0.25, 0.3) is 0 Å². The van der Waals surface area contributed by atoms with Crippen LogP contribution in [-0.2, 0) is 20.0 Å². The third-order valence-corrected chi connectivity index (χ3v) is 4.30. The molecule has 1 atom stereocenters. The molecule has 0 saturated heterocycles. The molecule has 1 N–H and O–H groups in total. The predicted molar refractivity (Wildman–Crippen MR) is 79.7 cm³/mol. The molecule has 3 rings (SSSR count). The average Bonchev–Trinajstić information content (AvgIpc) is 2.90. The SMILES string of the molecule is CCc1nn(C)c2c1[nH]c(=S)n2CC1CC=CCC1. The van der Waals surface area contributed by atoms with Crippen LogP contribution < -0.4 is 0 Å². The summed E-state index contributed by atoms with van der Waals surface area (Å²) in [5, 5.41) is 4.57. The molecule has 2 aromatic heterocycles. The maximum Gasteiger partial charge on any atom is 0.179 e. The highest BCUT2D eigenvalue weighted by molar-refractivity contribution is 7.71. The van der Waals surface area contributed by atoms with E-state index >= 15 is 0 Å². The molecule has 0 spiro atoms. The Morgan fingerprint density at radius 1 is 1.47 bits per heavy atom. The lowest BCUT2D eigenvalue weighted by atomic mass is 9.94. The van der Waals surface area contributed by atoms with E-state index < -0.39 is 0 Å². The number of H-pyrrole nitrogens is 1. The molecule has 0 aliphatic heterocycles. The van der Waals surface area contributed by atoms with Crippen LogP contribution in [0.3, 0.4) is 0 Å². The van der Waals surface area contributed by atoms with Crippen molar-refractivity contribution in [1.82, 2.24) is 19.3 Å². The Balaban J connectivity index is 2.02. The Morgan fingerprint density at radius 2 is 2.32 bits per heavy atom. The van der Waals surface area contributed by atoms with Gasteiger partial charge in [0.1, 0.15) is 5.52 Å². The van der Waals surface area contributed by atoms with Crippen molar-refractivity contribution in [2.45, 2.75) is 39.2 Å². The van der Waals surface area contributed by atoms with Gasteiger partial charge in [-0.2, -0.15) is 5.10 Å². The van der Waals surface area contributed by atoms with Gasteiger partial charge in [0.05, 0.1) is 5.69 Å². The molecule has 2 aromatic rings. The Bertz CT molecular complexity index is 673. The number of nitrogens with one attached hydrogen (secondary N) is 1. The molecule has 0 fully saturated rings. The van der Waals surface area contributed by atoms with E-state index in [1.165, 1.54) is 12.8 Å². The highest BCUT2D eigenvalue weighted by Gasteiger charge is 2.17. The number of hydrogen-bond donors (Lipinski definition) is 1. The molecular weight excluding hydrogens is 256 g/mol. The molecule has 1 aliphatic rings. The summed E-state index contributed by atoms with van der Waals surface area (Å²) in [5.74, 6) is 0.690. The van der Waals surface area contributed by atoms with Gasteiger partial charge in [-0.1, -0.05) is 19.1 Å². The molecule has 2 heterocycles. The van der Waals surface area contributed by atoms with Gasteiger partial charge >= 0.3 is 0 Å². The van der Waals surface area contributed by atoms with E-state index in [1.807, 2.05) is 11.7 Å². The fourth-order valence-corrected chi connectivity index (χ4v) is 3.24. The second-order valence-corrected chi connectivity index (χ2v) is 5.70. The lowest BCUT2D eigenvalue weighted by molar-refractivity contribution is 0.410. The van der Waals surface area contributed by atoms with E-state index in [0.29, 0.717) is 5.92 Å². The number of aryl methyl sites for hydroxylation is 2. The third kappa shape index (κ3) is 2.16. The number of fused-ring (bicyclic) bond motifs is 1. The molecule has 1 aliphatic carbocycles. The highest BCUT2D eigenvalue weighted by atomic mass is 32.1. The van der Waals surface area contributed by atoms with Crippen LogP contribution in [-0.4, -0.2) is 19.3 Å². The molecule has 102 valence electrons. The summed E-state index contributed by atoms with van der Waals surface area (Å²) in [7, 11) is 2.00. The van der Waals surface area contributed by atoms with Crippen LogP contribution in [0.4, 0.5) is 0 Å². The maximum absolute atomic E-state index is 5.49. The molecule has 0 saturated carbocycles. The average molecular weight is 276 g/mol. The van der Waals surface area contributed by atoms with E-state index in [-0.39, 0.29) is 0 Å². The Morgan fingerprint density at radius 3 is 3.00 bits per heavy atom. The molecule has 0 bridgehead atoms. The van der Waals surface area contributed by atoms with Gasteiger partial charge in [0.15, 0.2) is 10.4 Å². The van der Waals surface area contributed by atoms with Crippen molar-refractivity contribution in [1.29, 1.82) is 0 Å². The first-order valence-corrected chi connectivity index (χ1v) is 7.41. The number of nitrogens with zero attached hydrogens (tertiary/aromatic N) is 3. The normalized spacial score (nSPS) is 19.4. The quantitative estimate of drug-likeness (QED) is 0.689. The van der Waals surface area contributed by atoms with Gasteiger partial charge in [0.2, 0.25) is 0 Å². The van der Waals surface area contributed by atoms with Crippen LogP contribution in [0.1, 0.15) is 31.9 Å². The van der Waals surface area contributed by atoms with Crippen LogP contribution in [0.5, 0.6) is 0 Å². The van der Waals surface area contributed by atoms with E-state index in [9.17, 15) is 0 Å². The van der Waals surface area contributed by atoms with Crippen molar-refractivity contribution in [3.05, 3.63) is 22.6 Å². The van der Waals surface area contributed by atoms with Crippen molar-refractivity contribution < 1.29 is 0 Å². The summed E-state index contributed by atoms with van der Waals surface area (Å²) in [6, 6.07) is 0. The van der Waals surface area contributed by atoms with E-state index in [2.05, 4.69) is 33.7 Å². The van der Waals surface area contributed by atoms with Crippen LogP contribution in [0.25, 0.3) is 11.2 Å². The van der Waals surface area contributed by atoms with E-state index in [0.717, 1.165) is 41.0 Å². The zero-order chi connectivity index (χ0) is 13.4. The minimum absolute atomic E-state index is 0.690. The van der Waals surface area contributed by atoms with Gasteiger partial charge in [0, 0.05) is 13.6 Å². The van der Waals surface area contributed by atoms with Crippen molar-refractivity contribution in [3.63, 3.8) is 0 Å². The standard InChI is InChI=1S/C14H20N4S/c1-3-11-12-13(17(2)16-11)18(14(19)15-12)9-10-7-5-4-6-8-10/h4-5,10H,3,6-9H2,1-2H3,(H,15,19). The van der Waals surface area contributed by atoms with Crippen molar-refractivity contribution in [2.75, 3.05) is 0 Å². The number of imidazole rings is 1. The van der Waals surface area contributed by atoms with Crippen LogP contribution in [0.2, 0.25) is 0 Å². The summed E-state index contributed by atoms with van der Waals surface area (Å²) in [6.07, 6.45) is 9.11. The fraction of sp³-hybridized carbons (Fsp3) is 0.571. The van der Waals surface area contributed by atoms with E-state index in [4.69, 9.17) is 12.2 Å². The molecule has 0 radical (unpaired) electrons. The zero-order valence-electron chi connectivity index (χ0n) is 11.5. The fourth-order valence-electron chi connectivity index (χ4n) is 2.97. The molecule has 0 amide bonds. The molecule has 0 aromatic carbocycles. The molecule has 4 nitrogen and oxygen atoms in total. The first-order valence-electron chi connectivity index (χ1n) is 7.00. The Kier molecular flexibility index (Phi) is 3.31. The highest BCUT2D eigenvalue weighted by Crippen LogP contribution is 2.24. The monoisotopic (exact) mass is 276 g/mol. The molecule has 1 unspecified atom stereocenters. The number of hydrogen-bond acceptors (Lipinski definition) is 2. The first-order chi connectivity index (χ1) is 9.20. The van der Waals surface area contributed by atoms with Gasteiger partial charge in [-0.15, -0.1) is 0 Å². The molecule has 5 heteroatoms. The summed E-state index contributed by atoms with van der Waals surface area (Å²) < 4.78 is 5.01. The number of allylic oxidation sites excluding steroid dienone is 2. The largest absolute Gasteiger partial charge is 0.328 e. The van der Waals surface area contributed by atoms with Gasteiger partial charge in [-0.3, -0.25) is 4.68 Å². The number of aromatic nitrogens is 4. The Labute approximate surface area is 118 Å². The minimum Gasteiger partial charge on any atom is -0.328 e. The second kappa shape index (κ2) is 4.96. The lowest BCUT2D eigenvalue weighted by Gasteiger charge is -2.18. The predicted octanol–water partition coefficient (Wildman–Crippen LogP) is 3.35. The number of rotatable bonds is 3. The van der Waals surface area contributed by atoms with E-state index in [1.54, 1.807) is 0 Å². The van der Waals surface area contributed by atoms with Crippen molar-refractivity contribution >= 4 is 23.4 Å². The van der Waals surface area contributed by atoms with Crippen molar-refractivity contribution in [3.8, 4) is 0 Å². The summed E-state index contributed by atoms with van der Waals surface area (Å²) >= 11 is 5.49. The summed E-state index contributed by atoms with van der Waals surface area (Å²) in [6.45, 7) is 3.12. The lowest BCUT2D eigenvalue weighted by Crippen LogP contribution is -2.13. The van der Waals surface area contributed by atoms with Crippen LogP contribution in [0, 0.1) is 10.7 Å². The second-order valence-electron chi connectivity index (χ2n) is 5.31. The molecular formula is C14H20N4S. The van der Waals surface area contributed by atoms with Crippen molar-refractivity contribution in [2.24, 2.45) is 13.0 Å². The smallest absolute Gasteiger partial charge is 0.179 e. The van der Waals surface area contributed by atoms with Crippen LogP contribution >= 0.6 is 12.2 Å². The Hall–Kier alpha value is -1.36. The summed E-state index contributed by atoms with van der Waals surface area (Å²) in [5.41, 5.74) is 3.35. The summed E-state index contributed by atoms with van der Waals surface area (Å²) in [4.78, 5) is 3.33. The zero-order valence-corrected chi connectivity index (χ0v) is 12.3. The maximum atomic E-state index is 5.49. The number of aromatic amines is 1. The first kappa shape index (κ1) is 12.7. The van der Waals surface area contributed by atoms with Gasteiger partial charge in [-0.25, -0.2) is 0 Å². The topological polar surface area (TPSA) is 38.5 Å². The van der Waals surface area contributed by atoms with Crippen LogP contribution in [0.15, 0.2) is 12.2 Å². The van der Waals surface area contributed by atoms with Gasteiger partial charge in [-0.05, 0) is 43.8 Å². The van der Waals surface area contributed by atoms with Gasteiger partial charge < -0.3 is 9.55 Å². The minimum atomic E-state index is 0.690. The third-order valence-electron chi connectivity index (χ3n) is 3.98. The molecule has 19 heavy (non-hydrogen) atoms.